The Morgan fingerprint density at radius 2 is 1.62 bits per heavy atom. The van der Waals surface area contributed by atoms with Crippen LogP contribution in [0.4, 0.5) is 0 Å². The van der Waals surface area contributed by atoms with E-state index < -0.39 is 60.2 Å². The highest BCUT2D eigenvalue weighted by molar-refractivity contribution is 5.94. The fourth-order valence-electron chi connectivity index (χ4n) is 3.86. The predicted octanol–water partition coefficient (Wildman–Crippen LogP) is -1.48. The molecule has 15 heteroatoms. The summed E-state index contributed by atoms with van der Waals surface area (Å²) in [5.74, 6) is -4.84. The summed E-state index contributed by atoms with van der Waals surface area (Å²) in [5, 5.41) is 26.3. The van der Waals surface area contributed by atoms with Gasteiger partial charge in [-0.15, -0.1) is 0 Å². The van der Waals surface area contributed by atoms with E-state index in [0.29, 0.717) is 6.42 Å². The third-order valence-corrected chi connectivity index (χ3v) is 6.05. The topological polar surface area (TPSA) is 268 Å². The van der Waals surface area contributed by atoms with Gasteiger partial charge in [0.05, 0.1) is 6.04 Å². The first-order valence-corrected chi connectivity index (χ1v) is 12.6. The molecule has 1 aromatic carbocycles. The number of nitrogens with zero attached hydrogens (tertiary/aromatic N) is 1. The number of nitrogens with one attached hydrogen (secondary N) is 4. The standard InChI is InChI=1S/C25H36N8O7/c1-13(21(36)32-18(24(39)40)8-9-20(34)35)31-23(38)19(11-14-12-30-17-7-3-2-5-15(14)17)33-22(37)16(26)6-4-10-29-25(27)28/h2-3,5,7,12-13,16,18-19,30H,4,6,8-11,26H2,1H3,(H,31,38)(H,32,36)(H,33,37)(H,34,35)(H,39,40)(H4,27,28,29)/t13-,16+,18-,19+/m1/s1. The zero-order chi connectivity index (χ0) is 29.8. The second kappa shape index (κ2) is 15.1. The van der Waals surface area contributed by atoms with Crippen LogP contribution >= 0.6 is 0 Å². The second-order valence-corrected chi connectivity index (χ2v) is 9.24. The van der Waals surface area contributed by atoms with Gasteiger partial charge in [-0.1, -0.05) is 18.2 Å². The van der Waals surface area contributed by atoms with Crippen molar-refractivity contribution in [3.05, 3.63) is 36.0 Å². The molecule has 1 heterocycles. The molecule has 4 atom stereocenters. The number of H-pyrrole nitrogens is 1. The van der Waals surface area contributed by atoms with Gasteiger partial charge < -0.3 is 48.3 Å². The Bertz CT molecular complexity index is 1240. The van der Waals surface area contributed by atoms with Crippen molar-refractivity contribution in [3.8, 4) is 0 Å². The molecule has 0 aliphatic heterocycles. The lowest BCUT2D eigenvalue weighted by molar-refractivity contribution is -0.143. The molecule has 15 nitrogen and oxygen atoms in total. The van der Waals surface area contributed by atoms with E-state index >= 15 is 0 Å². The van der Waals surface area contributed by atoms with Gasteiger partial charge in [0.1, 0.15) is 18.1 Å². The molecule has 2 rings (SSSR count). The van der Waals surface area contributed by atoms with Crippen molar-refractivity contribution in [2.24, 2.45) is 22.2 Å². The molecular weight excluding hydrogens is 524 g/mol. The van der Waals surface area contributed by atoms with E-state index in [1.165, 1.54) is 6.92 Å². The number of carboxylic acids is 2. The summed E-state index contributed by atoms with van der Waals surface area (Å²) in [6, 6.07) is 2.64. The SMILES string of the molecule is C[C@@H](NC(=O)[C@H](Cc1c[nH]c2ccccc12)NC(=O)[C@@H](N)CCCN=C(N)N)C(=O)N[C@H](CCC(=O)O)C(=O)O. The van der Waals surface area contributed by atoms with Gasteiger partial charge in [-0.05, 0) is 37.8 Å². The van der Waals surface area contributed by atoms with Crippen molar-refractivity contribution in [1.82, 2.24) is 20.9 Å². The highest BCUT2D eigenvalue weighted by Crippen LogP contribution is 2.19. The number of amides is 3. The van der Waals surface area contributed by atoms with Crippen LogP contribution in [0.2, 0.25) is 0 Å². The van der Waals surface area contributed by atoms with Crippen LogP contribution in [0.15, 0.2) is 35.5 Å². The highest BCUT2D eigenvalue weighted by atomic mass is 16.4. The fourth-order valence-corrected chi connectivity index (χ4v) is 3.86. The zero-order valence-electron chi connectivity index (χ0n) is 22.1. The summed E-state index contributed by atoms with van der Waals surface area (Å²) >= 11 is 0. The lowest BCUT2D eigenvalue weighted by atomic mass is 10.0. The van der Waals surface area contributed by atoms with E-state index in [9.17, 15) is 29.1 Å². The molecule has 0 aliphatic carbocycles. The van der Waals surface area contributed by atoms with E-state index in [4.69, 9.17) is 22.3 Å². The molecule has 0 fully saturated rings. The van der Waals surface area contributed by atoms with Crippen LogP contribution in [0, 0.1) is 0 Å². The average Bonchev–Trinajstić information content (AvgIpc) is 3.30. The second-order valence-electron chi connectivity index (χ2n) is 9.24. The lowest BCUT2D eigenvalue weighted by Crippen LogP contribution is -2.56. The molecule has 0 bridgehead atoms. The molecule has 218 valence electrons. The maximum absolute atomic E-state index is 13.3. The van der Waals surface area contributed by atoms with Crippen molar-refractivity contribution in [2.45, 2.75) is 63.2 Å². The molecule has 0 unspecified atom stereocenters. The van der Waals surface area contributed by atoms with Gasteiger partial charge >= 0.3 is 11.9 Å². The first kappa shape index (κ1) is 31.6. The molecule has 0 aliphatic rings. The number of carbonyl (C=O) groups excluding carboxylic acids is 3. The molecular formula is C25H36N8O7. The Hall–Kier alpha value is -4.66. The number of carboxylic acid groups (broad SMARTS) is 2. The molecule has 0 spiro atoms. The molecule has 2 aromatic rings. The molecule has 12 N–H and O–H groups in total. The van der Waals surface area contributed by atoms with Crippen LogP contribution < -0.4 is 33.2 Å². The number of hydrogen-bond donors (Lipinski definition) is 9. The Balaban J connectivity index is 2.13. The summed E-state index contributed by atoms with van der Waals surface area (Å²) < 4.78 is 0. The molecule has 0 saturated heterocycles. The van der Waals surface area contributed by atoms with Crippen LogP contribution in [0.1, 0.15) is 38.2 Å². The van der Waals surface area contributed by atoms with Gasteiger partial charge in [-0.2, -0.15) is 0 Å². The van der Waals surface area contributed by atoms with Crippen molar-refractivity contribution in [3.63, 3.8) is 0 Å². The molecule has 0 radical (unpaired) electrons. The monoisotopic (exact) mass is 560 g/mol. The number of nitrogens with two attached hydrogens (primary N) is 3. The van der Waals surface area contributed by atoms with Gasteiger partial charge in [0.15, 0.2) is 5.96 Å². The summed E-state index contributed by atoms with van der Waals surface area (Å²) in [4.78, 5) is 67.8. The van der Waals surface area contributed by atoms with Crippen molar-refractivity contribution >= 4 is 46.5 Å². The number of para-hydroxylation sites is 1. The summed E-state index contributed by atoms with van der Waals surface area (Å²) in [6.45, 7) is 1.61. The number of aliphatic imine (C=N–C) groups is 1. The first-order chi connectivity index (χ1) is 18.9. The first-order valence-electron chi connectivity index (χ1n) is 12.6. The number of fused-ring (bicyclic) bond motifs is 1. The minimum atomic E-state index is -1.46. The van der Waals surface area contributed by atoms with Crippen LogP contribution in [0.25, 0.3) is 10.9 Å². The fraction of sp³-hybridized carbons (Fsp3) is 0.440. The minimum Gasteiger partial charge on any atom is -0.481 e. The predicted molar refractivity (Wildman–Crippen MR) is 146 cm³/mol. The third-order valence-electron chi connectivity index (χ3n) is 6.05. The van der Waals surface area contributed by atoms with E-state index in [2.05, 4.69) is 25.9 Å². The minimum absolute atomic E-state index is 0.0625. The number of aliphatic carboxylic acids is 2. The van der Waals surface area contributed by atoms with E-state index in [1.807, 2.05) is 24.3 Å². The maximum atomic E-state index is 13.3. The van der Waals surface area contributed by atoms with Crippen molar-refractivity contribution in [1.29, 1.82) is 0 Å². The average molecular weight is 561 g/mol. The number of carbonyl (C=O) groups is 5. The highest BCUT2D eigenvalue weighted by Gasteiger charge is 2.29. The largest absolute Gasteiger partial charge is 0.481 e. The molecule has 0 saturated carbocycles. The normalized spacial score (nSPS) is 13.8. The number of hydrogen-bond acceptors (Lipinski definition) is 7. The van der Waals surface area contributed by atoms with E-state index in [0.717, 1.165) is 16.5 Å². The summed E-state index contributed by atoms with van der Waals surface area (Å²) in [7, 11) is 0. The van der Waals surface area contributed by atoms with Crippen molar-refractivity contribution < 1.29 is 34.2 Å². The summed E-state index contributed by atoms with van der Waals surface area (Å²) in [5.41, 5.74) is 18.1. The van der Waals surface area contributed by atoms with Crippen molar-refractivity contribution in [2.75, 3.05) is 6.54 Å². The van der Waals surface area contributed by atoms with Crippen LogP contribution in [0.5, 0.6) is 0 Å². The number of aromatic amines is 1. The molecule has 1 aromatic heterocycles. The quantitative estimate of drug-likeness (QED) is 0.0652. The lowest BCUT2D eigenvalue weighted by Gasteiger charge is -2.23. The number of rotatable bonds is 16. The van der Waals surface area contributed by atoms with Crippen LogP contribution in [-0.2, 0) is 30.4 Å². The number of benzene rings is 1. The third kappa shape index (κ3) is 9.90. The van der Waals surface area contributed by atoms with Crippen LogP contribution in [0.3, 0.4) is 0 Å². The maximum Gasteiger partial charge on any atom is 0.326 e. The van der Waals surface area contributed by atoms with Gasteiger partial charge in [-0.25, -0.2) is 4.79 Å². The Labute approximate surface area is 229 Å². The van der Waals surface area contributed by atoms with Gasteiger partial charge in [-0.3, -0.25) is 24.2 Å². The molecule has 40 heavy (non-hydrogen) atoms. The Morgan fingerprint density at radius 1 is 0.950 bits per heavy atom. The smallest absolute Gasteiger partial charge is 0.326 e. The number of aromatic nitrogens is 1. The van der Waals surface area contributed by atoms with Crippen LogP contribution in [-0.4, -0.2) is 81.5 Å². The van der Waals surface area contributed by atoms with Gasteiger partial charge in [0, 0.05) is 36.5 Å². The van der Waals surface area contributed by atoms with E-state index in [1.54, 1.807) is 6.20 Å². The summed E-state index contributed by atoms with van der Waals surface area (Å²) in [6.07, 6.45) is 1.64. The van der Waals surface area contributed by atoms with Gasteiger partial charge in [0.2, 0.25) is 17.7 Å². The zero-order valence-corrected chi connectivity index (χ0v) is 22.1. The Morgan fingerprint density at radius 3 is 2.27 bits per heavy atom. The number of guanidine groups is 1. The Kier molecular flexibility index (Phi) is 11.9. The molecule has 3 amide bonds. The van der Waals surface area contributed by atoms with Gasteiger partial charge in [0.25, 0.3) is 0 Å². The van der Waals surface area contributed by atoms with E-state index in [-0.39, 0.29) is 31.8 Å².